The Morgan fingerprint density at radius 3 is 2.71 bits per heavy atom. The minimum atomic E-state index is 0.0619. The van der Waals surface area contributed by atoms with Crippen LogP contribution >= 0.6 is 11.8 Å². The van der Waals surface area contributed by atoms with Crippen LogP contribution in [-0.2, 0) is 6.54 Å². The molecule has 0 aliphatic heterocycles. The molecule has 4 rings (SSSR count). The zero-order valence-corrected chi connectivity index (χ0v) is 16.0. The van der Waals surface area contributed by atoms with Crippen LogP contribution in [0.25, 0.3) is 22.2 Å². The first-order valence-corrected chi connectivity index (χ1v) is 9.84. The smallest absolute Gasteiger partial charge is 0.192 e. The number of pyridine rings is 1. The lowest BCUT2D eigenvalue weighted by molar-refractivity contribution is 0.102. The second kappa shape index (κ2) is 8.19. The molecule has 0 N–H and O–H groups in total. The number of carbonyl (C=O) groups excluding carboxylic acids is 1. The zero-order valence-electron chi connectivity index (χ0n) is 15.2. The van der Waals surface area contributed by atoms with E-state index in [2.05, 4.69) is 21.8 Å². The quantitative estimate of drug-likeness (QED) is 0.263. The maximum Gasteiger partial charge on any atom is 0.192 e. The molecule has 0 saturated heterocycles. The Kier molecular flexibility index (Phi) is 5.30. The first-order chi connectivity index (χ1) is 13.8. The molecule has 0 fully saturated rings. The van der Waals surface area contributed by atoms with Gasteiger partial charge in [-0.15, -0.1) is 16.8 Å². The monoisotopic (exact) mass is 386 g/mol. The van der Waals surface area contributed by atoms with Crippen LogP contribution in [0.1, 0.15) is 10.4 Å². The van der Waals surface area contributed by atoms with Crippen molar-refractivity contribution in [3.63, 3.8) is 0 Å². The molecule has 0 radical (unpaired) electrons. The largest absolute Gasteiger partial charge is 0.298 e. The Hall–Kier alpha value is -3.25. The van der Waals surface area contributed by atoms with E-state index in [0.29, 0.717) is 28.8 Å². The van der Waals surface area contributed by atoms with E-state index < -0.39 is 0 Å². The average Bonchev–Trinajstić information content (AvgIpc) is 3.15. The van der Waals surface area contributed by atoms with Crippen LogP contribution in [-0.4, -0.2) is 31.3 Å². The van der Waals surface area contributed by atoms with Gasteiger partial charge >= 0.3 is 0 Å². The number of rotatable bonds is 7. The molecule has 2 heterocycles. The normalized spacial score (nSPS) is 10.9. The minimum Gasteiger partial charge on any atom is -0.298 e. The van der Waals surface area contributed by atoms with E-state index in [1.54, 1.807) is 18.5 Å². The highest BCUT2D eigenvalue weighted by molar-refractivity contribution is 7.99. The lowest BCUT2D eigenvalue weighted by Crippen LogP contribution is -2.05. The summed E-state index contributed by atoms with van der Waals surface area (Å²) in [5.41, 5.74) is 1.58. The number of hydrogen-bond donors (Lipinski definition) is 0. The Morgan fingerprint density at radius 1 is 1.07 bits per heavy atom. The van der Waals surface area contributed by atoms with Crippen molar-refractivity contribution >= 4 is 28.3 Å². The number of aromatic nitrogens is 4. The summed E-state index contributed by atoms with van der Waals surface area (Å²) < 4.78 is 1.95. The third kappa shape index (κ3) is 3.73. The van der Waals surface area contributed by atoms with Gasteiger partial charge < -0.3 is 0 Å². The van der Waals surface area contributed by atoms with E-state index in [1.807, 2.05) is 59.2 Å². The second-order valence-electron chi connectivity index (χ2n) is 6.22. The van der Waals surface area contributed by atoms with Gasteiger partial charge in [-0.2, -0.15) is 0 Å². The van der Waals surface area contributed by atoms with Gasteiger partial charge in [-0.25, -0.2) is 0 Å². The van der Waals surface area contributed by atoms with Gasteiger partial charge in [0.1, 0.15) is 0 Å². The van der Waals surface area contributed by atoms with Crippen LogP contribution in [0.5, 0.6) is 0 Å². The number of hydrogen-bond acceptors (Lipinski definition) is 5. The Labute approximate surface area is 167 Å². The van der Waals surface area contributed by atoms with Crippen molar-refractivity contribution in [1.29, 1.82) is 0 Å². The number of benzene rings is 2. The minimum absolute atomic E-state index is 0.0619. The molecule has 0 bridgehead atoms. The number of Topliss-reactive ketones (excluding diaryl/α,β-unsaturated/α-hetero) is 1. The maximum absolute atomic E-state index is 12.7. The second-order valence-corrected chi connectivity index (χ2v) is 7.16. The highest BCUT2D eigenvalue weighted by Crippen LogP contribution is 2.25. The molecule has 138 valence electrons. The van der Waals surface area contributed by atoms with Crippen LogP contribution in [0.4, 0.5) is 0 Å². The lowest BCUT2D eigenvalue weighted by Gasteiger charge is -2.07. The summed E-state index contributed by atoms with van der Waals surface area (Å²) >= 11 is 1.38. The van der Waals surface area contributed by atoms with Crippen molar-refractivity contribution in [3.05, 3.63) is 85.2 Å². The Morgan fingerprint density at radius 2 is 1.93 bits per heavy atom. The summed E-state index contributed by atoms with van der Waals surface area (Å²) in [6, 6.07) is 17.6. The number of allylic oxidation sites excluding steroid dienone is 1. The molecule has 6 heteroatoms. The van der Waals surface area contributed by atoms with E-state index in [4.69, 9.17) is 0 Å². The summed E-state index contributed by atoms with van der Waals surface area (Å²) in [5.74, 6) is 1.07. The van der Waals surface area contributed by atoms with Crippen molar-refractivity contribution in [3.8, 4) is 11.4 Å². The topological polar surface area (TPSA) is 60.7 Å². The van der Waals surface area contributed by atoms with Gasteiger partial charge in [0.15, 0.2) is 16.8 Å². The van der Waals surface area contributed by atoms with E-state index in [-0.39, 0.29) is 5.78 Å². The van der Waals surface area contributed by atoms with Gasteiger partial charge in [0.2, 0.25) is 0 Å². The van der Waals surface area contributed by atoms with Crippen molar-refractivity contribution in [2.75, 3.05) is 5.75 Å². The van der Waals surface area contributed by atoms with Gasteiger partial charge in [-0.1, -0.05) is 54.2 Å². The zero-order chi connectivity index (χ0) is 19.3. The van der Waals surface area contributed by atoms with E-state index in [1.165, 1.54) is 11.8 Å². The van der Waals surface area contributed by atoms with Gasteiger partial charge in [0.25, 0.3) is 0 Å². The molecular weight excluding hydrogens is 368 g/mol. The third-order valence-corrected chi connectivity index (χ3v) is 5.32. The molecule has 0 aliphatic carbocycles. The summed E-state index contributed by atoms with van der Waals surface area (Å²) in [6.07, 6.45) is 5.26. The summed E-state index contributed by atoms with van der Waals surface area (Å²) in [5, 5.41) is 11.4. The van der Waals surface area contributed by atoms with Crippen molar-refractivity contribution in [2.45, 2.75) is 11.7 Å². The summed E-state index contributed by atoms with van der Waals surface area (Å²) in [6.45, 7) is 4.37. The lowest BCUT2D eigenvalue weighted by atomic mass is 10.1. The standard InChI is InChI=1S/C22H18N4OS/c1-2-12-26-21(19-8-5-11-23-14-19)24-25-22(26)28-15-20(27)18-10-9-16-6-3-4-7-17(16)13-18/h2-11,13-14H,1,12,15H2. The molecule has 0 atom stereocenters. The number of ketones is 1. The third-order valence-electron chi connectivity index (χ3n) is 4.35. The molecular formula is C22H18N4OS. The van der Waals surface area contributed by atoms with Crippen LogP contribution in [0.15, 0.2) is 84.8 Å². The highest BCUT2D eigenvalue weighted by Gasteiger charge is 2.16. The van der Waals surface area contributed by atoms with Gasteiger partial charge in [-0.3, -0.25) is 14.3 Å². The number of carbonyl (C=O) groups is 1. The molecule has 2 aromatic heterocycles. The number of fused-ring (bicyclic) bond motifs is 1. The fourth-order valence-electron chi connectivity index (χ4n) is 2.97. The predicted molar refractivity (Wildman–Crippen MR) is 112 cm³/mol. The van der Waals surface area contributed by atoms with Crippen molar-refractivity contribution < 1.29 is 4.79 Å². The van der Waals surface area contributed by atoms with Gasteiger partial charge in [-0.05, 0) is 29.0 Å². The number of nitrogens with zero attached hydrogens (tertiary/aromatic N) is 4. The van der Waals surface area contributed by atoms with Crippen LogP contribution in [0.2, 0.25) is 0 Å². The van der Waals surface area contributed by atoms with Gasteiger partial charge in [0, 0.05) is 30.1 Å². The first kappa shape index (κ1) is 18.1. The molecule has 2 aromatic carbocycles. The fraction of sp³-hybridized carbons (Fsp3) is 0.0909. The molecule has 0 saturated carbocycles. The summed E-state index contributed by atoms with van der Waals surface area (Å²) in [4.78, 5) is 16.8. The van der Waals surface area contributed by atoms with Gasteiger partial charge in [0.05, 0.1) is 5.75 Å². The Balaban J connectivity index is 1.54. The number of thioether (sulfide) groups is 1. The molecule has 0 spiro atoms. The van der Waals surface area contributed by atoms with Crippen LogP contribution in [0, 0.1) is 0 Å². The van der Waals surface area contributed by atoms with Crippen LogP contribution < -0.4 is 0 Å². The molecule has 28 heavy (non-hydrogen) atoms. The predicted octanol–water partition coefficient (Wildman–Crippen LogP) is 4.65. The SMILES string of the molecule is C=CCn1c(SCC(=O)c2ccc3ccccc3c2)nnc1-c1cccnc1. The first-order valence-electron chi connectivity index (χ1n) is 8.85. The maximum atomic E-state index is 12.7. The van der Waals surface area contributed by atoms with Crippen molar-refractivity contribution in [2.24, 2.45) is 0 Å². The van der Waals surface area contributed by atoms with E-state index in [0.717, 1.165) is 16.3 Å². The average molecular weight is 386 g/mol. The molecule has 0 amide bonds. The molecule has 0 unspecified atom stereocenters. The highest BCUT2D eigenvalue weighted by atomic mass is 32.2. The Bertz CT molecular complexity index is 1140. The molecule has 5 nitrogen and oxygen atoms in total. The fourth-order valence-corrected chi connectivity index (χ4v) is 3.82. The van der Waals surface area contributed by atoms with E-state index >= 15 is 0 Å². The molecule has 4 aromatic rings. The van der Waals surface area contributed by atoms with Crippen molar-refractivity contribution in [1.82, 2.24) is 19.7 Å². The van der Waals surface area contributed by atoms with E-state index in [9.17, 15) is 4.79 Å². The molecule has 0 aliphatic rings. The van der Waals surface area contributed by atoms with Crippen LogP contribution in [0.3, 0.4) is 0 Å². The summed E-state index contributed by atoms with van der Waals surface area (Å²) in [7, 11) is 0.